The van der Waals surface area contributed by atoms with Gasteiger partial charge in [0.15, 0.2) is 0 Å². The van der Waals surface area contributed by atoms with Crippen LogP contribution < -0.4 is 15.4 Å². The van der Waals surface area contributed by atoms with E-state index in [2.05, 4.69) is 31.5 Å². The fourth-order valence-corrected chi connectivity index (χ4v) is 6.07. The Kier molecular flexibility index (Phi) is 7.53. The highest BCUT2D eigenvalue weighted by atomic mass is 79.9. The average Bonchev–Trinajstić information content (AvgIpc) is 3.19. The molecule has 2 aliphatic heterocycles. The molecule has 0 radical (unpaired) electrons. The molecule has 2 aromatic rings. The lowest BCUT2D eigenvalue weighted by molar-refractivity contribution is -0.121. The molecule has 0 unspecified atom stereocenters. The van der Waals surface area contributed by atoms with Gasteiger partial charge in [-0.05, 0) is 81.4 Å². The minimum atomic E-state index is -0.0800. The van der Waals surface area contributed by atoms with Crippen LogP contribution in [0, 0.1) is 12.8 Å². The summed E-state index contributed by atoms with van der Waals surface area (Å²) in [5, 5.41) is 5.97. The van der Waals surface area contributed by atoms with Crippen molar-refractivity contribution in [1.29, 1.82) is 0 Å². The van der Waals surface area contributed by atoms with Crippen molar-refractivity contribution in [2.75, 3.05) is 37.4 Å². The Bertz CT molecular complexity index is 1220. The normalized spacial score (nSPS) is 21.3. The van der Waals surface area contributed by atoms with Crippen LogP contribution in [0.5, 0.6) is 5.75 Å². The molecule has 0 aromatic heterocycles. The van der Waals surface area contributed by atoms with Crippen LogP contribution in [0.1, 0.15) is 53.6 Å². The van der Waals surface area contributed by atoms with Gasteiger partial charge in [0.1, 0.15) is 5.75 Å². The van der Waals surface area contributed by atoms with Crippen LogP contribution in [0.3, 0.4) is 0 Å². The number of fused-ring (bicyclic) bond motifs is 1. The zero-order valence-electron chi connectivity index (χ0n) is 21.3. The number of benzene rings is 2. The summed E-state index contributed by atoms with van der Waals surface area (Å²) in [6, 6.07) is 9.44. The second kappa shape index (κ2) is 10.8. The van der Waals surface area contributed by atoms with Crippen molar-refractivity contribution in [1.82, 2.24) is 9.80 Å². The van der Waals surface area contributed by atoms with Crippen molar-refractivity contribution in [3.63, 3.8) is 0 Å². The number of hydrogen-bond acceptors (Lipinski definition) is 5. The maximum Gasteiger partial charge on any atom is 0.254 e. The first-order chi connectivity index (χ1) is 17.8. The van der Waals surface area contributed by atoms with Gasteiger partial charge in [0, 0.05) is 46.0 Å². The van der Waals surface area contributed by atoms with E-state index in [1.165, 1.54) is 0 Å². The molecular formula is C28H33BrN4O4. The summed E-state index contributed by atoms with van der Waals surface area (Å²) in [5.41, 5.74) is 3.99. The summed E-state index contributed by atoms with van der Waals surface area (Å²) < 4.78 is 6.20. The van der Waals surface area contributed by atoms with E-state index < -0.39 is 0 Å². The van der Waals surface area contributed by atoms with E-state index in [1.54, 1.807) is 13.2 Å². The zero-order chi connectivity index (χ0) is 26.1. The Morgan fingerprint density at radius 1 is 1.05 bits per heavy atom. The molecule has 37 heavy (non-hydrogen) atoms. The Labute approximate surface area is 225 Å². The number of ether oxygens (including phenoxy) is 1. The topological polar surface area (TPSA) is 91.0 Å². The van der Waals surface area contributed by atoms with Gasteiger partial charge in [-0.25, -0.2) is 0 Å². The number of anilines is 2. The minimum absolute atomic E-state index is 0.00538. The summed E-state index contributed by atoms with van der Waals surface area (Å²) in [4.78, 5) is 42.7. The Morgan fingerprint density at radius 3 is 2.49 bits per heavy atom. The maximum atomic E-state index is 13.4. The molecular weight excluding hydrogens is 536 g/mol. The van der Waals surface area contributed by atoms with Gasteiger partial charge in [-0.15, -0.1) is 0 Å². The third-order valence-electron chi connectivity index (χ3n) is 7.80. The van der Waals surface area contributed by atoms with Gasteiger partial charge in [-0.2, -0.15) is 0 Å². The standard InChI is InChI=1S/C28H33BrN4O4/c1-17-4-7-19(14-25(17)37-2)31-27(35)18-5-8-21(9-6-18)33-15-23-22(28(33)36)12-20(13-24(23)29)30-26(34)16-32-10-3-11-32/h4,7,12-14,18,21H,3,5-6,8-11,15-16H2,1-2H3,(H,30,34)(H,31,35). The molecule has 5 rings (SSSR count). The largest absolute Gasteiger partial charge is 0.496 e. The number of nitrogens with one attached hydrogen (secondary N) is 2. The van der Waals surface area contributed by atoms with Gasteiger partial charge in [0.2, 0.25) is 11.8 Å². The van der Waals surface area contributed by atoms with Crippen molar-refractivity contribution >= 4 is 45.0 Å². The monoisotopic (exact) mass is 568 g/mol. The molecule has 9 heteroatoms. The first-order valence-electron chi connectivity index (χ1n) is 12.9. The van der Waals surface area contributed by atoms with E-state index in [4.69, 9.17) is 4.74 Å². The summed E-state index contributed by atoms with van der Waals surface area (Å²) in [5.74, 6) is 0.618. The molecule has 1 saturated heterocycles. The third kappa shape index (κ3) is 5.52. The lowest BCUT2D eigenvalue weighted by atomic mass is 9.84. The van der Waals surface area contributed by atoms with E-state index >= 15 is 0 Å². The van der Waals surface area contributed by atoms with Crippen LogP contribution in [-0.4, -0.2) is 60.3 Å². The molecule has 2 heterocycles. The van der Waals surface area contributed by atoms with E-state index in [1.807, 2.05) is 36.1 Å². The quantitative estimate of drug-likeness (QED) is 0.510. The molecule has 2 fully saturated rings. The van der Waals surface area contributed by atoms with Gasteiger partial charge in [0.25, 0.3) is 5.91 Å². The third-order valence-corrected chi connectivity index (χ3v) is 8.51. The number of amides is 3. The van der Waals surface area contributed by atoms with Crippen molar-refractivity contribution in [2.45, 2.75) is 51.6 Å². The van der Waals surface area contributed by atoms with Crippen LogP contribution >= 0.6 is 15.9 Å². The maximum absolute atomic E-state index is 13.4. The number of carbonyl (C=O) groups excluding carboxylic acids is 3. The zero-order valence-corrected chi connectivity index (χ0v) is 22.9. The number of aryl methyl sites for hydroxylation is 1. The second-order valence-corrected chi connectivity index (χ2v) is 11.1. The van der Waals surface area contributed by atoms with Gasteiger partial charge in [0.05, 0.1) is 13.7 Å². The van der Waals surface area contributed by atoms with Crippen LogP contribution in [0.4, 0.5) is 11.4 Å². The second-order valence-electron chi connectivity index (χ2n) is 10.3. The van der Waals surface area contributed by atoms with Crippen molar-refractivity contribution in [3.8, 4) is 5.75 Å². The highest BCUT2D eigenvalue weighted by Gasteiger charge is 2.37. The number of nitrogens with zero attached hydrogens (tertiary/aromatic N) is 2. The molecule has 0 spiro atoms. The predicted octanol–water partition coefficient (Wildman–Crippen LogP) is 4.56. The number of rotatable bonds is 7. The molecule has 0 bridgehead atoms. The van der Waals surface area contributed by atoms with E-state index in [0.717, 1.165) is 72.2 Å². The van der Waals surface area contributed by atoms with Crippen LogP contribution in [-0.2, 0) is 16.1 Å². The molecule has 1 aliphatic carbocycles. The highest BCUT2D eigenvalue weighted by molar-refractivity contribution is 9.10. The smallest absolute Gasteiger partial charge is 0.254 e. The molecule has 2 N–H and O–H groups in total. The van der Waals surface area contributed by atoms with Crippen molar-refractivity contribution < 1.29 is 19.1 Å². The molecule has 1 saturated carbocycles. The van der Waals surface area contributed by atoms with Crippen LogP contribution in [0.15, 0.2) is 34.8 Å². The number of methoxy groups -OCH3 is 1. The summed E-state index contributed by atoms with van der Waals surface area (Å²) in [6.45, 7) is 4.80. The SMILES string of the molecule is COc1cc(NC(=O)C2CCC(N3Cc4c(Br)cc(NC(=O)CN5CCC5)cc4C3=O)CC2)ccc1C. The lowest BCUT2D eigenvalue weighted by Crippen LogP contribution is -2.42. The average molecular weight is 570 g/mol. The number of halogens is 1. The minimum Gasteiger partial charge on any atom is -0.496 e. The fourth-order valence-electron chi connectivity index (χ4n) is 5.49. The predicted molar refractivity (Wildman–Crippen MR) is 146 cm³/mol. The Morgan fingerprint density at radius 2 is 1.81 bits per heavy atom. The first kappa shape index (κ1) is 25.7. The van der Waals surface area contributed by atoms with Crippen molar-refractivity contribution in [2.24, 2.45) is 5.92 Å². The fraction of sp³-hybridized carbons (Fsp3) is 0.464. The van der Waals surface area contributed by atoms with Gasteiger partial charge in [-0.1, -0.05) is 22.0 Å². The molecule has 0 atom stereocenters. The van der Waals surface area contributed by atoms with Crippen molar-refractivity contribution in [3.05, 3.63) is 51.5 Å². The van der Waals surface area contributed by atoms with Gasteiger partial charge in [-0.3, -0.25) is 19.3 Å². The van der Waals surface area contributed by atoms with E-state index in [0.29, 0.717) is 24.3 Å². The first-order valence-corrected chi connectivity index (χ1v) is 13.7. The van der Waals surface area contributed by atoms with Gasteiger partial charge < -0.3 is 20.3 Å². The van der Waals surface area contributed by atoms with Crippen LogP contribution in [0.25, 0.3) is 0 Å². The molecule has 8 nitrogen and oxygen atoms in total. The molecule has 2 aromatic carbocycles. The lowest BCUT2D eigenvalue weighted by Gasteiger charge is -2.34. The molecule has 3 aliphatic rings. The van der Waals surface area contributed by atoms with E-state index in [-0.39, 0.29) is 29.7 Å². The molecule has 196 valence electrons. The Balaban J connectivity index is 1.17. The summed E-state index contributed by atoms with van der Waals surface area (Å²) in [7, 11) is 1.62. The number of carbonyl (C=O) groups is 3. The number of likely N-dealkylation sites (tertiary alicyclic amines) is 1. The highest BCUT2D eigenvalue weighted by Crippen LogP contribution is 2.38. The summed E-state index contributed by atoms with van der Waals surface area (Å²) in [6.07, 6.45) is 4.17. The van der Waals surface area contributed by atoms with Gasteiger partial charge >= 0.3 is 0 Å². The molecule has 3 amide bonds. The number of hydrogen-bond donors (Lipinski definition) is 2. The van der Waals surface area contributed by atoms with Crippen LogP contribution in [0.2, 0.25) is 0 Å². The Hall–Kier alpha value is -2.91. The van der Waals surface area contributed by atoms with E-state index in [9.17, 15) is 14.4 Å². The summed E-state index contributed by atoms with van der Waals surface area (Å²) >= 11 is 3.62.